The molecule has 0 radical (unpaired) electrons. The van der Waals surface area contributed by atoms with Crippen LogP contribution in [-0.4, -0.2) is 35.5 Å². The number of carbonyl (C=O) groups excluding carboxylic acids is 1. The molecule has 0 aliphatic rings. The SMILES string of the molecule is CC(C)CCOC(=O)C(O)CO. The van der Waals surface area contributed by atoms with Crippen molar-refractivity contribution in [3.05, 3.63) is 0 Å². The lowest BCUT2D eigenvalue weighted by molar-refractivity contribution is -0.155. The molecular weight excluding hydrogens is 160 g/mol. The third-order valence-electron chi connectivity index (χ3n) is 1.38. The van der Waals surface area contributed by atoms with E-state index in [-0.39, 0.29) is 0 Å². The number of rotatable bonds is 5. The first-order valence-corrected chi connectivity index (χ1v) is 4.03. The number of esters is 1. The molecule has 0 spiro atoms. The zero-order valence-corrected chi connectivity index (χ0v) is 7.49. The minimum absolute atomic E-state index is 0.299. The molecule has 0 saturated heterocycles. The van der Waals surface area contributed by atoms with Gasteiger partial charge < -0.3 is 14.9 Å². The molecule has 72 valence electrons. The van der Waals surface area contributed by atoms with Gasteiger partial charge in [0, 0.05) is 0 Å². The van der Waals surface area contributed by atoms with Crippen molar-refractivity contribution in [3.8, 4) is 0 Å². The number of carbonyl (C=O) groups is 1. The van der Waals surface area contributed by atoms with Gasteiger partial charge in [0.25, 0.3) is 0 Å². The molecule has 0 aromatic rings. The van der Waals surface area contributed by atoms with E-state index in [1.807, 2.05) is 13.8 Å². The Kier molecular flexibility index (Phi) is 5.66. The smallest absolute Gasteiger partial charge is 0.337 e. The fourth-order valence-electron chi connectivity index (χ4n) is 0.566. The van der Waals surface area contributed by atoms with E-state index in [9.17, 15) is 4.79 Å². The average molecular weight is 176 g/mol. The van der Waals surface area contributed by atoms with Crippen LogP contribution in [0.2, 0.25) is 0 Å². The highest BCUT2D eigenvalue weighted by molar-refractivity contribution is 5.74. The van der Waals surface area contributed by atoms with E-state index in [2.05, 4.69) is 4.74 Å². The molecule has 0 aliphatic heterocycles. The fraction of sp³-hybridized carbons (Fsp3) is 0.875. The van der Waals surface area contributed by atoms with Gasteiger partial charge in [0.05, 0.1) is 13.2 Å². The first-order valence-electron chi connectivity index (χ1n) is 4.03. The predicted octanol–water partition coefficient (Wildman–Crippen LogP) is -0.0711. The van der Waals surface area contributed by atoms with Gasteiger partial charge in [0.2, 0.25) is 0 Å². The van der Waals surface area contributed by atoms with Crippen LogP contribution in [0.15, 0.2) is 0 Å². The Bertz CT molecular complexity index is 133. The molecule has 0 bridgehead atoms. The molecule has 0 heterocycles. The summed E-state index contributed by atoms with van der Waals surface area (Å²) in [7, 11) is 0. The second-order valence-corrected chi connectivity index (χ2v) is 3.05. The van der Waals surface area contributed by atoms with Gasteiger partial charge in [0.15, 0.2) is 6.10 Å². The molecule has 1 atom stereocenters. The summed E-state index contributed by atoms with van der Waals surface area (Å²) in [5.74, 6) is -0.290. The summed E-state index contributed by atoms with van der Waals surface area (Å²) in [4.78, 5) is 10.7. The van der Waals surface area contributed by atoms with E-state index in [0.717, 1.165) is 6.42 Å². The normalized spacial score (nSPS) is 13.1. The molecule has 0 aromatic carbocycles. The van der Waals surface area contributed by atoms with Crippen LogP contribution in [0, 0.1) is 5.92 Å². The van der Waals surface area contributed by atoms with Gasteiger partial charge in [-0.25, -0.2) is 4.79 Å². The number of hydrogen-bond donors (Lipinski definition) is 2. The summed E-state index contributed by atoms with van der Waals surface area (Å²) in [6, 6.07) is 0. The summed E-state index contributed by atoms with van der Waals surface area (Å²) in [5, 5.41) is 17.1. The molecule has 0 fully saturated rings. The fourth-order valence-corrected chi connectivity index (χ4v) is 0.566. The molecule has 2 N–H and O–H groups in total. The zero-order chi connectivity index (χ0) is 9.56. The lowest BCUT2D eigenvalue weighted by Gasteiger charge is -2.08. The molecule has 0 amide bonds. The predicted molar refractivity (Wildman–Crippen MR) is 43.5 cm³/mol. The molecule has 12 heavy (non-hydrogen) atoms. The molecule has 0 rings (SSSR count). The van der Waals surface area contributed by atoms with Crippen molar-refractivity contribution in [3.63, 3.8) is 0 Å². The monoisotopic (exact) mass is 176 g/mol. The number of hydrogen-bond acceptors (Lipinski definition) is 4. The van der Waals surface area contributed by atoms with Crippen LogP contribution in [0.3, 0.4) is 0 Å². The van der Waals surface area contributed by atoms with E-state index >= 15 is 0 Å². The van der Waals surface area contributed by atoms with E-state index in [1.54, 1.807) is 0 Å². The number of aliphatic hydroxyl groups is 2. The van der Waals surface area contributed by atoms with Crippen LogP contribution in [0.4, 0.5) is 0 Å². The van der Waals surface area contributed by atoms with Crippen LogP contribution in [0.1, 0.15) is 20.3 Å². The molecule has 1 unspecified atom stereocenters. The van der Waals surface area contributed by atoms with Gasteiger partial charge in [-0.1, -0.05) is 13.8 Å². The molecule has 4 nitrogen and oxygen atoms in total. The lowest BCUT2D eigenvalue weighted by atomic mass is 10.1. The van der Waals surface area contributed by atoms with E-state index in [1.165, 1.54) is 0 Å². The van der Waals surface area contributed by atoms with Crippen molar-refractivity contribution in [2.45, 2.75) is 26.4 Å². The summed E-state index contributed by atoms with van der Waals surface area (Å²) in [6.45, 7) is 3.74. The Balaban J connectivity index is 3.44. The molecule has 0 aromatic heterocycles. The second-order valence-electron chi connectivity index (χ2n) is 3.05. The Morgan fingerprint density at radius 3 is 2.50 bits per heavy atom. The minimum Gasteiger partial charge on any atom is -0.464 e. The van der Waals surface area contributed by atoms with E-state index in [4.69, 9.17) is 10.2 Å². The number of ether oxygens (including phenoxy) is 1. The Morgan fingerprint density at radius 1 is 1.50 bits per heavy atom. The standard InChI is InChI=1S/C8H16O4/c1-6(2)3-4-12-8(11)7(10)5-9/h6-7,9-10H,3-5H2,1-2H3. The van der Waals surface area contributed by atoms with Gasteiger partial charge in [-0.3, -0.25) is 0 Å². The first-order chi connectivity index (χ1) is 5.57. The highest BCUT2D eigenvalue weighted by Gasteiger charge is 2.14. The van der Waals surface area contributed by atoms with Crippen molar-refractivity contribution in [2.75, 3.05) is 13.2 Å². The maximum Gasteiger partial charge on any atom is 0.337 e. The lowest BCUT2D eigenvalue weighted by Crippen LogP contribution is -2.27. The molecule has 0 saturated carbocycles. The highest BCUT2D eigenvalue weighted by Crippen LogP contribution is 1.99. The first kappa shape index (κ1) is 11.4. The maximum absolute atomic E-state index is 10.7. The van der Waals surface area contributed by atoms with Crippen molar-refractivity contribution in [1.29, 1.82) is 0 Å². The van der Waals surface area contributed by atoms with Crippen molar-refractivity contribution in [2.24, 2.45) is 5.92 Å². The van der Waals surface area contributed by atoms with Crippen molar-refractivity contribution < 1.29 is 19.7 Å². The van der Waals surface area contributed by atoms with Gasteiger partial charge in [-0.2, -0.15) is 0 Å². The molecule has 4 heteroatoms. The third kappa shape index (κ3) is 5.09. The van der Waals surface area contributed by atoms with Crippen molar-refractivity contribution >= 4 is 5.97 Å². The quantitative estimate of drug-likeness (QED) is 0.575. The van der Waals surface area contributed by atoms with Crippen LogP contribution in [0.5, 0.6) is 0 Å². The van der Waals surface area contributed by atoms with E-state index < -0.39 is 18.7 Å². The second kappa shape index (κ2) is 5.97. The van der Waals surface area contributed by atoms with Gasteiger partial charge in [-0.15, -0.1) is 0 Å². The van der Waals surface area contributed by atoms with Gasteiger partial charge in [0.1, 0.15) is 0 Å². The van der Waals surface area contributed by atoms with Gasteiger partial charge >= 0.3 is 5.97 Å². The average Bonchev–Trinajstić information content (AvgIpc) is 2.02. The minimum atomic E-state index is -1.39. The van der Waals surface area contributed by atoms with Crippen LogP contribution in [0.25, 0.3) is 0 Å². The Labute approximate surface area is 72.2 Å². The van der Waals surface area contributed by atoms with Gasteiger partial charge in [-0.05, 0) is 12.3 Å². The third-order valence-corrected chi connectivity index (χ3v) is 1.38. The summed E-state index contributed by atoms with van der Waals surface area (Å²) in [5.41, 5.74) is 0. The van der Waals surface area contributed by atoms with Crippen molar-refractivity contribution in [1.82, 2.24) is 0 Å². The largest absolute Gasteiger partial charge is 0.464 e. The summed E-state index contributed by atoms with van der Waals surface area (Å²) >= 11 is 0. The van der Waals surface area contributed by atoms with E-state index in [0.29, 0.717) is 12.5 Å². The zero-order valence-electron chi connectivity index (χ0n) is 7.49. The summed E-state index contributed by atoms with van der Waals surface area (Å²) < 4.78 is 4.66. The maximum atomic E-state index is 10.7. The van der Waals surface area contributed by atoms with Crippen LogP contribution >= 0.6 is 0 Å². The molecular formula is C8H16O4. The van der Waals surface area contributed by atoms with Crippen LogP contribution in [-0.2, 0) is 9.53 Å². The van der Waals surface area contributed by atoms with Crippen LogP contribution < -0.4 is 0 Å². The topological polar surface area (TPSA) is 66.8 Å². The Hall–Kier alpha value is -0.610. The highest BCUT2D eigenvalue weighted by atomic mass is 16.5. The summed E-state index contributed by atoms with van der Waals surface area (Å²) in [6.07, 6.45) is -0.624. The number of aliphatic hydroxyl groups excluding tert-OH is 2. The Morgan fingerprint density at radius 2 is 2.08 bits per heavy atom. The molecule has 0 aliphatic carbocycles.